The quantitative estimate of drug-likeness (QED) is 0.843. The van der Waals surface area contributed by atoms with Gasteiger partial charge in [-0.05, 0) is 81.5 Å². The number of carbonyl (C=O) groups is 2. The molecule has 152 valence electrons. The first kappa shape index (κ1) is 19.4. The molecule has 2 amide bonds. The second-order valence-corrected chi connectivity index (χ2v) is 8.86. The maximum absolute atomic E-state index is 13.8. The molecular weight excluding hydrogens is 355 g/mol. The van der Waals surface area contributed by atoms with Crippen LogP contribution in [-0.4, -0.2) is 24.4 Å². The largest absolute Gasteiger partial charge is 0.353 e. The number of anilines is 1. The second kappa shape index (κ2) is 8.22. The van der Waals surface area contributed by atoms with Crippen LogP contribution < -0.4 is 10.2 Å². The summed E-state index contributed by atoms with van der Waals surface area (Å²) in [5, 5.41) is 3.23. The summed E-state index contributed by atoms with van der Waals surface area (Å²) in [5.74, 6) is 0.387. The molecule has 1 heterocycles. The van der Waals surface area contributed by atoms with Gasteiger partial charge in [0.2, 0.25) is 11.8 Å². The van der Waals surface area contributed by atoms with E-state index in [9.17, 15) is 14.0 Å². The lowest BCUT2D eigenvalue weighted by Crippen LogP contribution is -2.45. The molecule has 5 heteroatoms. The number of halogens is 1. The second-order valence-electron chi connectivity index (χ2n) is 8.86. The monoisotopic (exact) mass is 386 g/mol. The van der Waals surface area contributed by atoms with Crippen LogP contribution in [0.2, 0.25) is 0 Å². The van der Waals surface area contributed by atoms with Gasteiger partial charge in [0.15, 0.2) is 0 Å². The fourth-order valence-corrected chi connectivity index (χ4v) is 5.35. The molecule has 0 spiro atoms. The fourth-order valence-electron chi connectivity index (χ4n) is 5.35. The van der Waals surface area contributed by atoms with Gasteiger partial charge in [0.1, 0.15) is 5.82 Å². The molecule has 28 heavy (non-hydrogen) atoms. The molecule has 1 N–H and O–H groups in total. The van der Waals surface area contributed by atoms with Crippen LogP contribution in [0.15, 0.2) is 12.1 Å². The summed E-state index contributed by atoms with van der Waals surface area (Å²) in [6, 6.07) is 3.32. The number of aryl methyl sites for hydroxylation is 2. The average Bonchev–Trinajstić information content (AvgIpc) is 3.22. The van der Waals surface area contributed by atoms with Crippen molar-refractivity contribution < 1.29 is 14.0 Å². The van der Waals surface area contributed by atoms with Gasteiger partial charge in [-0.1, -0.05) is 12.8 Å². The van der Waals surface area contributed by atoms with Crippen LogP contribution in [0.4, 0.5) is 10.1 Å². The molecule has 0 aromatic heterocycles. The van der Waals surface area contributed by atoms with Gasteiger partial charge in [0.05, 0.1) is 0 Å². The van der Waals surface area contributed by atoms with E-state index in [1.54, 1.807) is 6.07 Å². The number of rotatable bonds is 3. The molecule has 3 aliphatic rings. The highest BCUT2D eigenvalue weighted by Gasteiger charge is 2.34. The fraction of sp³-hybridized carbons (Fsp3) is 0.652. The van der Waals surface area contributed by atoms with E-state index in [0.717, 1.165) is 74.7 Å². The highest BCUT2D eigenvalue weighted by Crippen LogP contribution is 2.35. The third-order valence-electron chi connectivity index (χ3n) is 6.86. The average molecular weight is 387 g/mol. The lowest BCUT2D eigenvalue weighted by atomic mass is 9.84. The molecule has 4 nitrogen and oxygen atoms in total. The van der Waals surface area contributed by atoms with Gasteiger partial charge in [0, 0.05) is 30.1 Å². The van der Waals surface area contributed by atoms with Crippen molar-refractivity contribution in [2.24, 2.45) is 11.8 Å². The molecule has 0 unspecified atom stereocenters. The zero-order chi connectivity index (χ0) is 19.7. The van der Waals surface area contributed by atoms with Crippen LogP contribution in [0.1, 0.15) is 68.9 Å². The van der Waals surface area contributed by atoms with E-state index in [1.807, 2.05) is 11.8 Å². The summed E-state index contributed by atoms with van der Waals surface area (Å²) >= 11 is 0. The number of nitrogens with zero attached hydrogens (tertiary/aromatic N) is 1. The van der Waals surface area contributed by atoms with Crippen molar-refractivity contribution in [2.45, 2.75) is 77.2 Å². The Morgan fingerprint density at radius 2 is 1.71 bits per heavy atom. The molecule has 1 aromatic rings. The van der Waals surface area contributed by atoms with E-state index in [2.05, 4.69) is 5.32 Å². The van der Waals surface area contributed by atoms with Gasteiger partial charge in [-0.2, -0.15) is 0 Å². The van der Waals surface area contributed by atoms with Crippen LogP contribution >= 0.6 is 0 Å². The first-order valence-electron chi connectivity index (χ1n) is 10.9. The minimum absolute atomic E-state index is 0.00929. The van der Waals surface area contributed by atoms with Gasteiger partial charge in [-0.25, -0.2) is 4.39 Å². The van der Waals surface area contributed by atoms with Crippen molar-refractivity contribution in [2.75, 3.05) is 11.4 Å². The van der Waals surface area contributed by atoms with Crippen molar-refractivity contribution in [3.63, 3.8) is 0 Å². The number of nitrogens with one attached hydrogen (secondary N) is 1. The predicted octanol–water partition coefficient (Wildman–Crippen LogP) is 4.28. The van der Waals surface area contributed by atoms with Crippen LogP contribution in [0, 0.1) is 24.6 Å². The molecule has 1 aromatic carbocycles. The lowest BCUT2D eigenvalue weighted by molar-refractivity contribution is -0.126. The lowest BCUT2D eigenvalue weighted by Gasteiger charge is -2.36. The molecule has 2 aliphatic carbocycles. The number of carbonyl (C=O) groups excluding carboxylic acids is 2. The van der Waals surface area contributed by atoms with Crippen molar-refractivity contribution in [1.29, 1.82) is 0 Å². The maximum Gasteiger partial charge on any atom is 0.230 e. The molecule has 0 bridgehead atoms. The molecule has 1 aliphatic heterocycles. The summed E-state index contributed by atoms with van der Waals surface area (Å²) in [6.45, 7) is 2.61. The summed E-state index contributed by atoms with van der Waals surface area (Å²) in [5.41, 5.74) is 2.73. The van der Waals surface area contributed by atoms with Gasteiger partial charge >= 0.3 is 0 Å². The van der Waals surface area contributed by atoms with Gasteiger partial charge in [-0.15, -0.1) is 0 Å². The van der Waals surface area contributed by atoms with Gasteiger partial charge in [-0.3, -0.25) is 9.59 Å². The van der Waals surface area contributed by atoms with E-state index < -0.39 is 0 Å². The van der Waals surface area contributed by atoms with Crippen LogP contribution in [0.25, 0.3) is 0 Å². The Morgan fingerprint density at radius 3 is 2.43 bits per heavy atom. The van der Waals surface area contributed by atoms with Crippen LogP contribution in [0.3, 0.4) is 0 Å². The molecular formula is C23H31FN2O2. The highest BCUT2D eigenvalue weighted by atomic mass is 19.1. The molecule has 4 rings (SSSR count). The smallest absolute Gasteiger partial charge is 0.230 e. The molecule has 0 radical (unpaired) electrons. The first-order valence-corrected chi connectivity index (χ1v) is 10.9. The summed E-state index contributed by atoms with van der Waals surface area (Å²) in [6.07, 6.45) is 9.48. The van der Waals surface area contributed by atoms with Crippen LogP contribution in [0.5, 0.6) is 0 Å². The zero-order valence-electron chi connectivity index (χ0n) is 16.8. The normalized spacial score (nSPS) is 25.4. The van der Waals surface area contributed by atoms with Crippen molar-refractivity contribution in [3.8, 4) is 0 Å². The molecule has 0 saturated heterocycles. The Labute approximate surface area is 166 Å². The van der Waals surface area contributed by atoms with Gasteiger partial charge < -0.3 is 10.2 Å². The molecule has 2 fully saturated rings. The maximum atomic E-state index is 13.8. The van der Waals surface area contributed by atoms with E-state index >= 15 is 0 Å². The number of hydrogen-bond acceptors (Lipinski definition) is 2. The van der Waals surface area contributed by atoms with Crippen molar-refractivity contribution in [3.05, 3.63) is 29.1 Å². The van der Waals surface area contributed by atoms with Crippen molar-refractivity contribution in [1.82, 2.24) is 5.32 Å². The summed E-state index contributed by atoms with van der Waals surface area (Å²) in [4.78, 5) is 27.5. The Kier molecular flexibility index (Phi) is 5.70. The van der Waals surface area contributed by atoms with E-state index in [0.29, 0.717) is 0 Å². The van der Waals surface area contributed by atoms with E-state index in [4.69, 9.17) is 0 Å². The molecule has 2 saturated carbocycles. The van der Waals surface area contributed by atoms with E-state index in [1.165, 1.54) is 18.9 Å². The van der Waals surface area contributed by atoms with Gasteiger partial charge in [0.25, 0.3) is 0 Å². The Bertz CT molecular complexity index is 749. The topological polar surface area (TPSA) is 49.4 Å². The number of fused-ring (bicyclic) bond motifs is 1. The minimum atomic E-state index is -0.218. The minimum Gasteiger partial charge on any atom is -0.353 e. The van der Waals surface area contributed by atoms with E-state index in [-0.39, 0.29) is 35.5 Å². The Hall–Kier alpha value is -1.91. The molecule has 0 atom stereocenters. The number of amides is 2. The first-order chi connectivity index (χ1) is 13.5. The zero-order valence-corrected chi connectivity index (χ0v) is 16.8. The number of benzene rings is 1. The predicted molar refractivity (Wildman–Crippen MR) is 108 cm³/mol. The third kappa shape index (κ3) is 3.94. The SMILES string of the molecule is Cc1cc(F)cc2c1N(C(=O)C1CCC(NC(=O)C3CCCC3)CC1)CCC2. The summed E-state index contributed by atoms with van der Waals surface area (Å²) < 4.78 is 13.8. The highest BCUT2D eigenvalue weighted by molar-refractivity contribution is 5.97. The summed E-state index contributed by atoms with van der Waals surface area (Å²) in [7, 11) is 0. The van der Waals surface area contributed by atoms with Crippen LogP contribution in [-0.2, 0) is 16.0 Å². The Balaban J connectivity index is 1.37. The number of hydrogen-bond donors (Lipinski definition) is 1. The third-order valence-corrected chi connectivity index (χ3v) is 6.86. The van der Waals surface area contributed by atoms with Crippen molar-refractivity contribution >= 4 is 17.5 Å². The standard InChI is InChI=1S/C23H31FN2O2/c1-15-13-19(24)14-18-7-4-12-26(21(15)18)23(28)17-8-10-20(11-9-17)25-22(27)16-5-2-3-6-16/h13-14,16-17,20H,2-12H2,1H3,(H,25,27). The Morgan fingerprint density at radius 1 is 1.00 bits per heavy atom.